The summed E-state index contributed by atoms with van der Waals surface area (Å²) in [6, 6.07) is 25.3. The second-order valence-electron chi connectivity index (χ2n) is 12.0. The first-order valence-electron chi connectivity index (χ1n) is 14.4. The molecule has 5 atom stereocenters. The van der Waals surface area contributed by atoms with E-state index in [-0.39, 0.29) is 10.9 Å². The fourth-order valence-electron chi connectivity index (χ4n) is 8.51. The Kier molecular flexibility index (Phi) is 5.88. The van der Waals surface area contributed by atoms with Crippen LogP contribution in [0.5, 0.6) is 0 Å². The quantitative estimate of drug-likeness (QED) is 0.445. The van der Waals surface area contributed by atoms with Crippen LogP contribution in [-0.2, 0) is 20.9 Å². The number of nitrogens with zero attached hydrogens (tertiary/aromatic N) is 3. The SMILES string of the molecule is CC(C)=C[C@H]1NCC[C@]2([C@]34CCN[C@H]3N(S(=O)(=O)c3ccccc3)c3ccccc34)c3c1cccc3N(C)[C@@H]2C#N. The fourth-order valence-corrected chi connectivity index (χ4v) is 10.2. The Morgan fingerprint density at radius 2 is 1.61 bits per heavy atom. The van der Waals surface area contributed by atoms with Gasteiger partial charge in [-0.25, -0.2) is 12.7 Å². The molecule has 4 heterocycles. The molecule has 3 aromatic rings. The lowest BCUT2D eigenvalue weighted by molar-refractivity contribution is 0.182. The second kappa shape index (κ2) is 9.18. The van der Waals surface area contributed by atoms with Crippen molar-refractivity contribution in [1.82, 2.24) is 10.6 Å². The zero-order valence-electron chi connectivity index (χ0n) is 23.6. The molecule has 1 saturated heterocycles. The van der Waals surface area contributed by atoms with Gasteiger partial charge in [0.25, 0.3) is 10.0 Å². The van der Waals surface area contributed by atoms with Gasteiger partial charge in [-0.3, -0.25) is 5.32 Å². The summed E-state index contributed by atoms with van der Waals surface area (Å²) in [5, 5.41) is 18.4. The summed E-state index contributed by atoms with van der Waals surface area (Å²) in [6.45, 7) is 5.59. The number of anilines is 2. The lowest BCUT2D eigenvalue weighted by Gasteiger charge is -2.50. The average molecular weight is 566 g/mol. The van der Waals surface area contributed by atoms with Gasteiger partial charge in [0.15, 0.2) is 0 Å². The van der Waals surface area contributed by atoms with Crippen molar-refractivity contribution in [2.24, 2.45) is 0 Å². The molecule has 2 N–H and O–H groups in total. The summed E-state index contributed by atoms with van der Waals surface area (Å²) < 4.78 is 30.6. The monoisotopic (exact) mass is 565 g/mol. The van der Waals surface area contributed by atoms with Crippen molar-refractivity contribution >= 4 is 21.4 Å². The van der Waals surface area contributed by atoms with Gasteiger partial charge >= 0.3 is 0 Å². The Morgan fingerprint density at radius 3 is 2.37 bits per heavy atom. The zero-order valence-corrected chi connectivity index (χ0v) is 24.4. The maximum Gasteiger partial charge on any atom is 0.265 e. The number of benzene rings is 3. The number of nitrogens with one attached hydrogen (secondary N) is 2. The summed E-state index contributed by atoms with van der Waals surface area (Å²) in [6.07, 6.45) is 3.16. The zero-order chi connectivity index (χ0) is 28.6. The van der Waals surface area contributed by atoms with Gasteiger partial charge in [0.05, 0.1) is 22.7 Å². The smallest absolute Gasteiger partial charge is 0.265 e. The molecule has 0 aliphatic carbocycles. The Morgan fingerprint density at radius 1 is 0.927 bits per heavy atom. The molecule has 0 amide bonds. The highest BCUT2D eigenvalue weighted by Crippen LogP contribution is 2.67. The van der Waals surface area contributed by atoms with Crippen molar-refractivity contribution in [2.45, 2.75) is 60.7 Å². The standard InChI is InChI=1S/C33H35N5O2S/c1-22(2)20-26-24-12-9-15-28-30(24)33(17-18-35-26,29(21-34)37(28)3)32-16-19-36-31(32)38(27-14-8-7-13-25(27)32)41(39,40)23-10-5-4-6-11-23/h4-15,20,26,29,31,35-36H,16-19H2,1-3H3/t26-,29-,31+,32+,33-/m1/s1. The van der Waals surface area contributed by atoms with E-state index in [2.05, 4.69) is 65.8 Å². The summed E-state index contributed by atoms with van der Waals surface area (Å²) in [5.74, 6) is 0. The number of likely N-dealkylation sites (N-methyl/N-ethyl adjacent to an activating group) is 1. The highest BCUT2D eigenvalue weighted by atomic mass is 32.2. The first-order valence-corrected chi connectivity index (χ1v) is 15.8. The van der Waals surface area contributed by atoms with Crippen LogP contribution in [0, 0.1) is 11.3 Å². The molecule has 0 saturated carbocycles. The van der Waals surface area contributed by atoms with E-state index in [9.17, 15) is 13.7 Å². The summed E-state index contributed by atoms with van der Waals surface area (Å²) >= 11 is 0. The molecule has 0 spiro atoms. The predicted octanol–water partition coefficient (Wildman–Crippen LogP) is 4.73. The fraction of sp³-hybridized carbons (Fsp3) is 0.364. The van der Waals surface area contributed by atoms with E-state index in [1.54, 1.807) is 28.6 Å². The highest BCUT2D eigenvalue weighted by Gasteiger charge is 2.72. The van der Waals surface area contributed by atoms with Crippen molar-refractivity contribution < 1.29 is 8.42 Å². The molecule has 41 heavy (non-hydrogen) atoms. The van der Waals surface area contributed by atoms with Gasteiger partial charge < -0.3 is 10.2 Å². The number of rotatable bonds is 4. The predicted molar refractivity (Wildman–Crippen MR) is 161 cm³/mol. The Hall–Kier alpha value is -3.64. The van der Waals surface area contributed by atoms with Gasteiger partial charge in [0, 0.05) is 23.6 Å². The van der Waals surface area contributed by atoms with Gasteiger partial charge in [0.2, 0.25) is 0 Å². The molecule has 0 radical (unpaired) electrons. The molecule has 4 aliphatic rings. The van der Waals surface area contributed by atoms with Crippen LogP contribution in [0.25, 0.3) is 0 Å². The maximum absolute atomic E-state index is 14.5. The normalized spacial score (nSPS) is 29.8. The largest absolute Gasteiger partial charge is 0.358 e. The molecule has 1 fully saturated rings. The van der Waals surface area contributed by atoms with Crippen LogP contribution in [-0.4, -0.2) is 40.8 Å². The average Bonchev–Trinajstić information content (AvgIpc) is 3.56. The third-order valence-corrected chi connectivity index (χ3v) is 11.7. The summed E-state index contributed by atoms with van der Waals surface area (Å²) in [5.41, 5.74) is 5.02. The molecule has 0 bridgehead atoms. The molecule has 3 aromatic carbocycles. The van der Waals surface area contributed by atoms with Crippen LogP contribution in [0.3, 0.4) is 0 Å². The lowest BCUT2D eigenvalue weighted by atomic mass is 9.52. The van der Waals surface area contributed by atoms with Crippen LogP contribution in [0.4, 0.5) is 11.4 Å². The van der Waals surface area contributed by atoms with Gasteiger partial charge in [0.1, 0.15) is 12.2 Å². The van der Waals surface area contributed by atoms with Crippen LogP contribution in [0.2, 0.25) is 0 Å². The van der Waals surface area contributed by atoms with Gasteiger partial charge in [-0.15, -0.1) is 0 Å². The van der Waals surface area contributed by atoms with Gasteiger partial charge in [-0.1, -0.05) is 60.2 Å². The van der Waals surface area contributed by atoms with E-state index in [4.69, 9.17) is 0 Å². The summed E-state index contributed by atoms with van der Waals surface area (Å²) in [7, 11) is -1.88. The molecular weight excluding hydrogens is 530 g/mol. The molecule has 210 valence electrons. The third-order valence-electron chi connectivity index (χ3n) is 9.87. The third kappa shape index (κ3) is 3.28. The van der Waals surface area contributed by atoms with Crippen molar-refractivity contribution in [1.29, 1.82) is 5.26 Å². The number of hydrogen-bond acceptors (Lipinski definition) is 6. The number of nitriles is 1. The van der Waals surface area contributed by atoms with Gasteiger partial charge in [-0.05, 0) is 80.7 Å². The van der Waals surface area contributed by atoms with Crippen molar-refractivity contribution in [3.8, 4) is 6.07 Å². The Labute approximate surface area is 242 Å². The molecular formula is C33H35N5O2S. The molecule has 4 aliphatic heterocycles. The maximum atomic E-state index is 14.5. The van der Waals surface area contributed by atoms with Crippen molar-refractivity contribution in [3.05, 3.63) is 101 Å². The first-order chi connectivity index (χ1) is 19.8. The highest BCUT2D eigenvalue weighted by molar-refractivity contribution is 7.92. The number of fused-ring (bicyclic) bond motifs is 4. The van der Waals surface area contributed by atoms with E-state index in [0.717, 1.165) is 17.7 Å². The van der Waals surface area contributed by atoms with E-state index < -0.39 is 33.1 Å². The van der Waals surface area contributed by atoms with Crippen molar-refractivity contribution in [3.63, 3.8) is 0 Å². The van der Waals surface area contributed by atoms with E-state index in [1.165, 1.54) is 16.7 Å². The lowest BCUT2D eigenvalue weighted by Crippen LogP contribution is -2.63. The van der Waals surface area contributed by atoms with Crippen LogP contribution >= 0.6 is 0 Å². The second-order valence-corrected chi connectivity index (χ2v) is 13.8. The number of allylic oxidation sites excluding steroid dienone is 1. The first kappa shape index (κ1) is 26.3. The van der Waals surface area contributed by atoms with Crippen LogP contribution in [0.1, 0.15) is 49.4 Å². The van der Waals surface area contributed by atoms with Crippen LogP contribution < -0.4 is 19.8 Å². The van der Waals surface area contributed by atoms with Crippen molar-refractivity contribution in [2.75, 3.05) is 29.3 Å². The molecule has 7 rings (SSSR count). The minimum atomic E-state index is -3.90. The van der Waals surface area contributed by atoms with E-state index in [0.29, 0.717) is 25.2 Å². The molecule has 0 unspecified atom stereocenters. The van der Waals surface area contributed by atoms with Gasteiger partial charge in [-0.2, -0.15) is 5.26 Å². The summed E-state index contributed by atoms with van der Waals surface area (Å²) in [4.78, 5) is 2.41. The van der Waals surface area contributed by atoms with E-state index >= 15 is 0 Å². The number of hydrogen-bond donors (Lipinski definition) is 2. The Bertz CT molecular complexity index is 1710. The number of para-hydroxylation sites is 1. The molecule has 7 nitrogen and oxygen atoms in total. The number of sulfonamides is 1. The molecule has 0 aromatic heterocycles. The minimum Gasteiger partial charge on any atom is -0.358 e. The van der Waals surface area contributed by atoms with Crippen LogP contribution in [0.15, 0.2) is 89.3 Å². The van der Waals surface area contributed by atoms with E-state index in [1.807, 2.05) is 31.3 Å². The topological polar surface area (TPSA) is 88.5 Å². The Balaban J connectivity index is 1.55. The molecule has 8 heteroatoms. The minimum absolute atomic E-state index is 0.00711.